The molecular weight excluding hydrogens is 452 g/mol. The Labute approximate surface area is 181 Å². The molecule has 0 saturated heterocycles. The normalized spacial score (nSPS) is 11.7. The number of carbonyl (C=O) groups is 2. The molecule has 0 bridgehead atoms. The van der Waals surface area contributed by atoms with Crippen LogP contribution in [0.4, 0.5) is 0 Å². The molecule has 0 aliphatic heterocycles. The average Bonchev–Trinajstić information content (AvgIpc) is 2.75. The van der Waals surface area contributed by atoms with E-state index in [1.807, 2.05) is 6.92 Å². The first-order chi connectivity index (χ1) is 14.4. The summed E-state index contributed by atoms with van der Waals surface area (Å²) in [6.07, 6.45) is -0.154. The van der Waals surface area contributed by atoms with E-state index in [4.69, 9.17) is 4.74 Å². The molecule has 8 nitrogen and oxygen atoms in total. The maximum Gasteiger partial charge on any atom is 0.290 e. The Hall–Kier alpha value is -3.20. The van der Waals surface area contributed by atoms with Gasteiger partial charge in [0, 0.05) is 16.4 Å². The number of nitrogens with one attached hydrogen (secondary N) is 2. The first-order valence-corrected chi connectivity index (χ1v) is 10.2. The van der Waals surface area contributed by atoms with E-state index in [-0.39, 0.29) is 11.3 Å². The van der Waals surface area contributed by atoms with Crippen molar-refractivity contribution in [3.63, 3.8) is 0 Å². The standard InChI is InChI=1S/C21H21BrN4O4/c1-3-12-26-21(29)17-7-5-4-6-16(17)18(25-26)20(28)24-23-19(27)13(2)30-15-10-8-14(22)9-11-15/h4-11,13H,3,12H2,1-2H3,(H,23,27)(H,24,28). The topological polar surface area (TPSA) is 102 Å². The van der Waals surface area contributed by atoms with Gasteiger partial charge in [-0.15, -0.1) is 0 Å². The van der Waals surface area contributed by atoms with E-state index in [1.54, 1.807) is 55.5 Å². The zero-order chi connectivity index (χ0) is 21.7. The molecule has 0 saturated carbocycles. The highest BCUT2D eigenvalue weighted by Gasteiger charge is 2.19. The lowest BCUT2D eigenvalue weighted by Crippen LogP contribution is -2.47. The average molecular weight is 473 g/mol. The van der Waals surface area contributed by atoms with Gasteiger partial charge < -0.3 is 4.74 Å². The van der Waals surface area contributed by atoms with E-state index < -0.39 is 17.9 Å². The second kappa shape index (κ2) is 9.53. The second-order valence-corrected chi connectivity index (χ2v) is 7.50. The smallest absolute Gasteiger partial charge is 0.290 e. The highest BCUT2D eigenvalue weighted by atomic mass is 79.9. The van der Waals surface area contributed by atoms with Gasteiger partial charge in [0.15, 0.2) is 11.8 Å². The van der Waals surface area contributed by atoms with Crippen LogP contribution < -0.4 is 21.1 Å². The Morgan fingerprint density at radius 2 is 1.77 bits per heavy atom. The zero-order valence-electron chi connectivity index (χ0n) is 16.5. The van der Waals surface area contributed by atoms with Crippen LogP contribution in [0.5, 0.6) is 5.75 Å². The van der Waals surface area contributed by atoms with Crippen LogP contribution in [-0.4, -0.2) is 27.7 Å². The summed E-state index contributed by atoms with van der Waals surface area (Å²) in [5.74, 6) is -0.635. The number of rotatable bonds is 6. The number of benzene rings is 2. The summed E-state index contributed by atoms with van der Waals surface area (Å²) in [4.78, 5) is 37.5. The fraction of sp³-hybridized carbons (Fsp3) is 0.238. The minimum absolute atomic E-state index is 0.0560. The lowest BCUT2D eigenvalue weighted by molar-refractivity contribution is -0.128. The van der Waals surface area contributed by atoms with Gasteiger partial charge in [0.25, 0.3) is 17.4 Å². The molecule has 2 aromatic carbocycles. The molecule has 1 heterocycles. The Kier molecular flexibility index (Phi) is 6.83. The van der Waals surface area contributed by atoms with Crippen molar-refractivity contribution in [3.05, 3.63) is 69.1 Å². The summed E-state index contributed by atoms with van der Waals surface area (Å²) < 4.78 is 7.72. The molecule has 3 aromatic rings. The van der Waals surface area contributed by atoms with E-state index in [2.05, 4.69) is 31.9 Å². The Morgan fingerprint density at radius 1 is 1.10 bits per heavy atom. The number of ether oxygens (including phenoxy) is 1. The van der Waals surface area contributed by atoms with Gasteiger partial charge >= 0.3 is 0 Å². The number of hydrazine groups is 1. The SMILES string of the molecule is CCCn1nc(C(=O)NNC(=O)C(C)Oc2ccc(Br)cc2)c2ccccc2c1=O. The van der Waals surface area contributed by atoms with Gasteiger partial charge in [-0.1, -0.05) is 41.1 Å². The molecule has 0 spiro atoms. The van der Waals surface area contributed by atoms with Crippen molar-refractivity contribution >= 4 is 38.5 Å². The number of aromatic nitrogens is 2. The summed E-state index contributed by atoms with van der Waals surface area (Å²) in [5.41, 5.74) is 4.49. The molecule has 1 unspecified atom stereocenters. The number of hydrogen-bond acceptors (Lipinski definition) is 5. The Balaban J connectivity index is 1.73. The van der Waals surface area contributed by atoms with Gasteiger partial charge in [0.1, 0.15) is 5.75 Å². The molecule has 3 rings (SSSR count). The molecular formula is C21H21BrN4O4. The molecule has 0 aliphatic rings. The van der Waals surface area contributed by atoms with Crippen molar-refractivity contribution < 1.29 is 14.3 Å². The van der Waals surface area contributed by atoms with Crippen LogP contribution in [0, 0.1) is 0 Å². The quantitative estimate of drug-likeness (QED) is 0.537. The van der Waals surface area contributed by atoms with Crippen molar-refractivity contribution in [2.45, 2.75) is 32.9 Å². The van der Waals surface area contributed by atoms with Gasteiger partial charge in [-0.05, 0) is 43.7 Å². The third-order valence-corrected chi connectivity index (χ3v) is 4.84. The van der Waals surface area contributed by atoms with E-state index in [9.17, 15) is 14.4 Å². The summed E-state index contributed by atoms with van der Waals surface area (Å²) in [6.45, 7) is 3.86. The molecule has 1 atom stereocenters. The number of halogens is 1. The van der Waals surface area contributed by atoms with Crippen LogP contribution in [0.1, 0.15) is 30.8 Å². The van der Waals surface area contributed by atoms with Crippen LogP contribution in [0.15, 0.2) is 57.8 Å². The molecule has 2 amide bonds. The van der Waals surface area contributed by atoms with Crippen LogP contribution >= 0.6 is 15.9 Å². The van der Waals surface area contributed by atoms with Crippen LogP contribution in [0.3, 0.4) is 0 Å². The van der Waals surface area contributed by atoms with Crippen molar-refractivity contribution in [2.75, 3.05) is 0 Å². The summed E-state index contributed by atoms with van der Waals surface area (Å²) in [6, 6.07) is 13.8. The predicted octanol–water partition coefficient (Wildman–Crippen LogP) is 2.80. The predicted molar refractivity (Wildman–Crippen MR) is 116 cm³/mol. The second-order valence-electron chi connectivity index (χ2n) is 6.58. The van der Waals surface area contributed by atoms with E-state index in [0.717, 1.165) is 4.47 Å². The van der Waals surface area contributed by atoms with Crippen molar-refractivity contribution in [3.8, 4) is 5.75 Å². The first-order valence-electron chi connectivity index (χ1n) is 9.43. The number of nitrogens with zero attached hydrogens (tertiary/aromatic N) is 2. The molecule has 0 aliphatic carbocycles. The number of hydrogen-bond donors (Lipinski definition) is 2. The monoisotopic (exact) mass is 472 g/mol. The summed E-state index contributed by atoms with van der Waals surface area (Å²) >= 11 is 3.33. The summed E-state index contributed by atoms with van der Waals surface area (Å²) in [5, 5.41) is 5.00. The van der Waals surface area contributed by atoms with Crippen LogP contribution in [-0.2, 0) is 11.3 Å². The highest BCUT2D eigenvalue weighted by Crippen LogP contribution is 2.17. The lowest BCUT2D eigenvalue weighted by atomic mass is 10.1. The van der Waals surface area contributed by atoms with E-state index >= 15 is 0 Å². The Bertz CT molecular complexity index is 1130. The van der Waals surface area contributed by atoms with Gasteiger partial charge in [-0.3, -0.25) is 25.2 Å². The van der Waals surface area contributed by atoms with Crippen LogP contribution in [0.2, 0.25) is 0 Å². The van der Waals surface area contributed by atoms with Crippen molar-refractivity contribution in [1.29, 1.82) is 0 Å². The lowest BCUT2D eigenvalue weighted by Gasteiger charge is -2.15. The Morgan fingerprint density at radius 3 is 2.43 bits per heavy atom. The highest BCUT2D eigenvalue weighted by molar-refractivity contribution is 9.10. The van der Waals surface area contributed by atoms with Crippen molar-refractivity contribution in [1.82, 2.24) is 20.6 Å². The fourth-order valence-corrected chi connectivity index (χ4v) is 3.08. The van der Waals surface area contributed by atoms with Gasteiger partial charge in [-0.2, -0.15) is 5.10 Å². The first kappa shape index (κ1) is 21.5. The third-order valence-electron chi connectivity index (χ3n) is 4.31. The fourth-order valence-electron chi connectivity index (χ4n) is 2.82. The third kappa shape index (κ3) is 4.85. The largest absolute Gasteiger partial charge is 0.481 e. The van der Waals surface area contributed by atoms with E-state index in [1.165, 1.54) is 4.68 Å². The van der Waals surface area contributed by atoms with Gasteiger partial charge in [0.2, 0.25) is 0 Å². The zero-order valence-corrected chi connectivity index (χ0v) is 18.1. The van der Waals surface area contributed by atoms with E-state index in [0.29, 0.717) is 29.5 Å². The minimum atomic E-state index is -0.842. The minimum Gasteiger partial charge on any atom is -0.481 e. The maximum atomic E-state index is 12.7. The number of amides is 2. The number of fused-ring (bicyclic) bond motifs is 1. The summed E-state index contributed by atoms with van der Waals surface area (Å²) in [7, 11) is 0. The number of carbonyl (C=O) groups excluding carboxylic acids is 2. The van der Waals surface area contributed by atoms with Gasteiger partial charge in [-0.25, -0.2) is 4.68 Å². The molecule has 0 fully saturated rings. The molecule has 156 valence electrons. The van der Waals surface area contributed by atoms with Crippen LogP contribution in [0.25, 0.3) is 10.8 Å². The maximum absolute atomic E-state index is 12.7. The molecule has 9 heteroatoms. The molecule has 30 heavy (non-hydrogen) atoms. The van der Waals surface area contributed by atoms with Crippen molar-refractivity contribution in [2.24, 2.45) is 0 Å². The molecule has 0 radical (unpaired) electrons. The molecule has 1 aromatic heterocycles. The number of aryl methyl sites for hydroxylation is 1. The molecule has 2 N–H and O–H groups in total. The van der Waals surface area contributed by atoms with Gasteiger partial charge in [0.05, 0.1) is 5.39 Å².